The van der Waals surface area contributed by atoms with E-state index in [-0.39, 0.29) is 12.1 Å². The van der Waals surface area contributed by atoms with Crippen molar-refractivity contribution in [2.75, 3.05) is 25.1 Å². The van der Waals surface area contributed by atoms with Crippen molar-refractivity contribution in [3.63, 3.8) is 0 Å². The first-order chi connectivity index (χ1) is 8.06. The summed E-state index contributed by atoms with van der Waals surface area (Å²) in [5.41, 5.74) is 6.44. The third-order valence-electron chi connectivity index (χ3n) is 2.56. The average Bonchev–Trinajstić information content (AvgIpc) is 2.68. The molecule has 0 saturated heterocycles. The number of nitrogens with zero attached hydrogens (tertiary/aromatic N) is 2. The SMILES string of the molecule is CN(C[C@H]1COC(N)=N1)c1ccc(Cl)c(Cl)c1. The van der Waals surface area contributed by atoms with Gasteiger partial charge in [0.25, 0.3) is 6.02 Å². The van der Waals surface area contributed by atoms with Gasteiger partial charge in [-0.3, -0.25) is 0 Å². The van der Waals surface area contributed by atoms with E-state index in [0.29, 0.717) is 16.7 Å². The van der Waals surface area contributed by atoms with Crippen LogP contribution in [-0.4, -0.2) is 32.3 Å². The van der Waals surface area contributed by atoms with E-state index in [4.69, 9.17) is 33.7 Å². The van der Waals surface area contributed by atoms with Crippen LogP contribution >= 0.6 is 23.2 Å². The molecule has 6 heteroatoms. The van der Waals surface area contributed by atoms with E-state index in [0.717, 1.165) is 12.2 Å². The van der Waals surface area contributed by atoms with Gasteiger partial charge in [-0.2, -0.15) is 0 Å². The molecule has 0 aromatic heterocycles. The monoisotopic (exact) mass is 273 g/mol. The highest BCUT2D eigenvalue weighted by atomic mass is 35.5. The first-order valence-electron chi connectivity index (χ1n) is 5.18. The molecule has 1 aliphatic heterocycles. The van der Waals surface area contributed by atoms with Crippen LogP contribution < -0.4 is 10.6 Å². The summed E-state index contributed by atoms with van der Waals surface area (Å²) in [6.45, 7) is 1.25. The highest BCUT2D eigenvalue weighted by Crippen LogP contribution is 2.26. The van der Waals surface area contributed by atoms with Gasteiger partial charge in [0.1, 0.15) is 12.6 Å². The maximum absolute atomic E-state index is 5.97. The molecule has 0 fully saturated rings. The molecule has 1 atom stereocenters. The molecule has 1 aromatic carbocycles. The van der Waals surface area contributed by atoms with Crippen LogP contribution in [0.4, 0.5) is 5.69 Å². The predicted molar refractivity (Wildman–Crippen MR) is 71.1 cm³/mol. The van der Waals surface area contributed by atoms with Gasteiger partial charge in [-0.1, -0.05) is 23.2 Å². The fourth-order valence-corrected chi connectivity index (χ4v) is 1.97. The number of anilines is 1. The van der Waals surface area contributed by atoms with Gasteiger partial charge in [0.15, 0.2) is 0 Å². The van der Waals surface area contributed by atoms with Crippen LogP contribution in [0.25, 0.3) is 0 Å². The molecule has 1 aliphatic rings. The van der Waals surface area contributed by atoms with Crippen LogP contribution in [0.5, 0.6) is 0 Å². The van der Waals surface area contributed by atoms with Gasteiger partial charge in [0, 0.05) is 19.3 Å². The Bertz CT molecular complexity index is 450. The number of hydrogen-bond acceptors (Lipinski definition) is 4. The normalized spacial score (nSPS) is 18.8. The van der Waals surface area contributed by atoms with Crippen LogP contribution in [0.2, 0.25) is 10.0 Å². The first-order valence-corrected chi connectivity index (χ1v) is 5.94. The average molecular weight is 274 g/mol. The largest absolute Gasteiger partial charge is 0.463 e. The van der Waals surface area contributed by atoms with Crippen molar-refractivity contribution in [1.82, 2.24) is 0 Å². The van der Waals surface area contributed by atoms with Crippen molar-refractivity contribution in [1.29, 1.82) is 0 Å². The molecule has 2 rings (SSSR count). The maximum atomic E-state index is 5.97. The van der Waals surface area contributed by atoms with Gasteiger partial charge in [-0.05, 0) is 18.2 Å². The number of rotatable bonds is 3. The van der Waals surface area contributed by atoms with E-state index >= 15 is 0 Å². The van der Waals surface area contributed by atoms with Gasteiger partial charge < -0.3 is 15.4 Å². The van der Waals surface area contributed by atoms with E-state index in [9.17, 15) is 0 Å². The number of hydrogen-bond donors (Lipinski definition) is 1. The van der Waals surface area contributed by atoms with E-state index in [1.807, 2.05) is 24.1 Å². The third-order valence-corrected chi connectivity index (χ3v) is 3.30. The van der Waals surface area contributed by atoms with E-state index in [2.05, 4.69) is 4.99 Å². The first kappa shape index (κ1) is 12.3. The van der Waals surface area contributed by atoms with Crippen LogP contribution in [0.3, 0.4) is 0 Å². The Morgan fingerprint density at radius 3 is 2.82 bits per heavy atom. The predicted octanol–water partition coefficient (Wildman–Crippen LogP) is 2.14. The van der Waals surface area contributed by atoms with Crippen molar-refractivity contribution in [2.24, 2.45) is 10.7 Å². The molecule has 1 heterocycles. The second kappa shape index (κ2) is 5.02. The molecule has 0 aliphatic carbocycles. The smallest absolute Gasteiger partial charge is 0.282 e. The molecule has 0 amide bonds. The number of nitrogens with two attached hydrogens (primary N) is 1. The minimum absolute atomic E-state index is 0.0643. The molecular formula is C11H13Cl2N3O. The Kier molecular flexibility index (Phi) is 3.64. The molecule has 0 spiro atoms. The Balaban J connectivity index is 2.04. The summed E-state index contributed by atoms with van der Waals surface area (Å²) < 4.78 is 5.10. The van der Waals surface area contributed by atoms with Gasteiger partial charge >= 0.3 is 0 Å². The van der Waals surface area contributed by atoms with Crippen LogP contribution in [0, 0.1) is 0 Å². The van der Waals surface area contributed by atoms with Crippen molar-refractivity contribution >= 4 is 34.9 Å². The third kappa shape index (κ3) is 2.96. The second-order valence-corrected chi connectivity index (χ2v) is 4.73. The van der Waals surface area contributed by atoms with Crippen LogP contribution in [0.15, 0.2) is 23.2 Å². The zero-order chi connectivity index (χ0) is 12.4. The summed E-state index contributed by atoms with van der Waals surface area (Å²) in [4.78, 5) is 6.21. The van der Waals surface area contributed by atoms with Gasteiger partial charge in [-0.15, -0.1) is 0 Å². The van der Waals surface area contributed by atoms with E-state index in [1.54, 1.807) is 6.07 Å². The molecule has 4 nitrogen and oxygen atoms in total. The van der Waals surface area contributed by atoms with E-state index < -0.39 is 0 Å². The summed E-state index contributed by atoms with van der Waals surface area (Å²) in [6, 6.07) is 5.84. The lowest BCUT2D eigenvalue weighted by molar-refractivity contribution is 0.314. The minimum Gasteiger partial charge on any atom is -0.463 e. The zero-order valence-electron chi connectivity index (χ0n) is 9.36. The number of aliphatic imine (C=N–C) groups is 1. The second-order valence-electron chi connectivity index (χ2n) is 3.91. The lowest BCUT2D eigenvalue weighted by Gasteiger charge is -2.21. The van der Waals surface area contributed by atoms with E-state index in [1.165, 1.54) is 0 Å². The highest BCUT2D eigenvalue weighted by Gasteiger charge is 2.18. The molecule has 1 aromatic rings. The fourth-order valence-electron chi connectivity index (χ4n) is 1.67. The Morgan fingerprint density at radius 1 is 1.47 bits per heavy atom. The molecule has 2 N–H and O–H groups in total. The number of benzene rings is 1. The maximum Gasteiger partial charge on any atom is 0.282 e. The summed E-state index contributed by atoms with van der Waals surface area (Å²) in [5.74, 6) is 0. The van der Waals surface area contributed by atoms with Crippen molar-refractivity contribution in [3.8, 4) is 0 Å². The Morgan fingerprint density at radius 2 is 2.24 bits per heavy atom. The topological polar surface area (TPSA) is 50.9 Å². The minimum atomic E-state index is 0.0643. The van der Waals surface area contributed by atoms with Crippen LogP contribution in [-0.2, 0) is 4.74 Å². The number of amidine groups is 1. The lowest BCUT2D eigenvalue weighted by atomic mass is 10.2. The fraction of sp³-hybridized carbons (Fsp3) is 0.364. The quantitative estimate of drug-likeness (QED) is 0.918. The van der Waals surface area contributed by atoms with Gasteiger partial charge in [0.2, 0.25) is 0 Å². The Hall–Kier alpha value is -1.13. The van der Waals surface area contributed by atoms with Crippen molar-refractivity contribution in [2.45, 2.75) is 6.04 Å². The van der Waals surface area contributed by atoms with Crippen molar-refractivity contribution in [3.05, 3.63) is 28.2 Å². The molecule has 17 heavy (non-hydrogen) atoms. The molecule has 92 valence electrons. The summed E-state index contributed by atoms with van der Waals surface area (Å²) in [5, 5.41) is 1.09. The summed E-state index contributed by atoms with van der Waals surface area (Å²) in [6.07, 6.45) is 0. The zero-order valence-corrected chi connectivity index (χ0v) is 10.9. The molecular weight excluding hydrogens is 261 g/mol. The molecule has 0 unspecified atom stereocenters. The highest BCUT2D eigenvalue weighted by molar-refractivity contribution is 6.42. The van der Waals surface area contributed by atoms with Gasteiger partial charge in [-0.25, -0.2) is 4.99 Å². The Labute approximate surface area is 110 Å². The van der Waals surface area contributed by atoms with Gasteiger partial charge in [0.05, 0.1) is 10.0 Å². The molecule has 0 bridgehead atoms. The van der Waals surface area contributed by atoms with Crippen molar-refractivity contribution < 1.29 is 4.74 Å². The molecule has 0 saturated carbocycles. The summed E-state index contributed by atoms with van der Waals surface area (Å²) >= 11 is 11.8. The number of ether oxygens (including phenoxy) is 1. The lowest BCUT2D eigenvalue weighted by Crippen LogP contribution is -2.28. The molecule has 0 radical (unpaired) electrons. The number of halogens is 2. The number of likely N-dealkylation sites (N-methyl/N-ethyl adjacent to an activating group) is 1. The van der Waals surface area contributed by atoms with Crippen LogP contribution in [0.1, 0.15) is 0 Å². The summed E-state index contributed by atoms with van der Waals surface area (Å²) in [7, 11) is 1.96. The standard InChI is InChI=1S/C11H13Cl2N3O/c1-16(5-7-6-17-11(14)15-7)8-2-3-9(12)10(13)4-8/h2-4,7H,5-6H2,1H3,(H2,14,15)/t7-/m0/s1.